The molecular formula is C23H27NO7. The van der Waals surface area contributed by atoms with Gasteiger partial charge < -0.3 is 33.7 Å². The van der Waals surface area contributed by atoms with Crippen molar-refractivity contribution in [1.82, 2.24) is 4.90 Å². The number of aliphatic hydroxyl groups is 1. The van der Waals surface area contributed by atoms with Crippen LogP contribution in [0.5, 0.6) is 28.7 Å². The van der Waals surface area contributed by atoms with E-state index in [1.807, 2.05) is 18.2 Å². The summed E-state index contributed by atoms with van der Waals surface area (Å²) in [6.07, 6.45) is 1.27. The predicted octanol–water partition coefficient (Wildman–Crippen LogP) is 2.61. The van der Waals surface area contributed by atoms with Crippen molar-refractivity contribution in [2.75, 3.05) is 47.8 Å². The number of benzene rings is 2. The van der Waals surface area contributed by atoms with E-state index in [2.05, 4.69) is 0 Å². The van der Waals surface area contributed by atoms with Crippen molar-refractivity contribution < 1.29 is 33.6 Å². The second-order valence-corrected chi connectivity index (χ2v) is 7.68. The van der Waals surface area contributed by atoms with Crippen LogP contribution in [0.3, 0.4) is 0 Å². The first-order chi connectivity index (χ1) is 15.1. The minimum Gasteiger partial charge on any atom is -0.493 e. The molecule has 0 bridgehead atoms. The van der Waals surface area contributed by atoms with Gasteiger partial charge in [0.25, 0.3) is 5.91 Å². The number of carbonyl (C=O) groups excluding carboxylic acids is 1. The van der Waals surface area contributed by atoms with Crippen LogP contribution in [0.2, 0.25) is 0 Å². The molecule has 2 heterocycles. The van der Waals surface area contributed by atoms with Crippen molar-refractivity contribution in [3.63, 3.8) is 0 Å². The van der Waals surface area contributed by atoms with Gasteiger partial charge in [-0.25, -0.2) is 0 Å². The first-order valence-electron chi connectivity index (χ1n) is 10.2. The van der Waals surface area contributed by atoms with Crippen LogP contribution in [0.1, 0.15) is 28.8 Å². The number of nitrogens with zero attached hydrogens (tertiary/aromatic N) is 1. The first-order valence-corrected chi connectivity index (χ1v) is 10.2. The third kappa shape index (κ3) is 3.61. The average molecular weight is 429 g/mol. The third-order valence-electron chi connectivity index (χ3n) is 6.15. The van der Waals surface area contributed by atoms with Crippen molar-refractivity contribution in [2.45, 2.75) is 18.3 Å². The quantitative estimate of drug-likeness (QED) is 0.724. The highest BCUT2D eigenvalue weighted by molar-refractivity contribution is 5.98. The van der Waals surface area contributed by atoms with Gasteiger partial charge in [-0.05, 0) is 42.7 Å². The SMILES string of the molecule is COc1ccc(C(=O)N2CCC(CCO)(c3ccc4c(c3)OCO4)C2)c(OC)c1OC. The fourth-order valence-electron chi connectivity index (χ4n) is 4.51. The molecule has 0 aromatic heterocycles. The maximum Gasteiger partial charge on any atom is 0.257 e. The summed E-state index contributed by atoms with van der Waals surface area (Å²) >= 11 is 0. The lowest BCUT2D eigenvalue weighted by atomic mass is 9.77. The Morgan fingerprint density at radius 1 is 1.06 bits per heavy atom. The zero-order chi connectivity index (χ0) is 22.0. The summed E-state index contributed by atoms with van der Waals surface area (Å²) in [6.45, 7) is 1.26. The number of rotatable bonds is 7. The number of carbonyl (C=O) groups is 1. The minimum atomic E-state index is -0.366. The molecule has 2 aliphatic rings. The smallest absolute Gasteiger partial charge is 0.257 e. The molecule has 0 radical (unpaired) electrons. The van der Waals surface area contributed by atoms with Crippen molar-refractivity contribution in [3.05, 3.63) is 41.5 Å². The predicted molar refractivity (Wildman–Crippen MR) is 113 cm³/mol. The number of fused-ring (bicyclic) bond motifs is 1. The van der Waals surface area contributed by atoms with E-state index in [1.54, 1.807) is 17.0 Å². The normalized spacial score (nSPS) is 19.4. The molecule has 4 rings (SSSR count). The minimum absolute atomic E-state index is 0.0240. The van der Waals surface area contributed by atoms with Gasteiger partial charge in [0.05, 0.1) is 26.9 Å². The molecule has 8 nitrogen and oxygen atoms in total. The largest absolute Gasteiger partial charge is 0.493 e. The molecule has 1 atom stereocenters. The standard InChI is InChI=1S/C23H27NO7/c1-27-18-7-5-16(20(28-2)21(18)29-3)22(26)24-10-8-23(13-24,9-11-25)15-4-6-17-19(12-15)31-14-30-17/h4-7,12,25H,8-11,13-14H2,1-3H3. The molecule has 31 heavy (non-hydrogen) atoms. The van der Waals surface area contributed by atoms with Gasteiger partial charge in [0, 0.05) is 25.1 Å². The number of likely N-dealkylation sites (tertiary alicyclic amines) is 1. The molecule has 1 N–H and O–H groups in total. The zero-order valence-electron chi connectivity index (χ0n) is 18.0. The van der Waals surface area contributed by atoms with E-state index in [0.29, 0.717) is 53.8 Å². The molecule has 1 fully saturated rings. The summed E-state index contributed by atoms with van der Waals surface area (Å²) in [5.41, 5.74) is 1.07. The lowest BCUT2D eigenvalue weighted by Gasteiger charge is -2.30. The van der Waals surface area contributed by atoms with Crippen molar-refractivity contribution >= 4 is 5.91 Å². The first kappa shape index (κ1) is 21.1. The Labute approximate surface area is 181 Å². The van der Waals surface area contributed by atoms with Gasteiger partial charge in [0.1, 0.15) is 0 Å². The highest BCUT2D eigenvalue weighted by atomic mass is 16.7. The summed E-state index contributed by atoms with van der Waals surface area (Å²) in [5, 5.41) is 9.79. The fraction of sp³-hybridized carbons (Fsp3) is 0.435. The number of hydrogen-bond acceptors (Lipinski definition) is 7. The summed E-state index contributed by atoms with van der Waals surface area (Å²) in [5.74, 6) is 2.47. The Morgan fingerprint density at radius 2 is 1.84 bits per heavy atom. The molecule has 1 unspecified atom stereocenters. The Balaban J connectivity index is 1.64. The molecule has 8 heteroatoms. The molecule has 0 spiro atoms. The topological polar surface area (TPSA) is 86.7 Å². The van der Waals surface area contributed by atoms with E-state index in [9.17, 15) is 9.90 Å². The average Bonchev–Trinajstić information content (AvgIpc) is 3.45. The Kier molecular flexibility index (Phi) is 5.82. The molecule has 0 saturated carbocycles. The summed E-state index contributed by atoms with van der Waals surface area (Å²) in [7, 11) is 4.55. The molecule has 166 valence electrons. The molecule has 2 aliphatic heterocycles. The van der Waals surface area contributed by atoms with Gasteiger partial charge in [0.2, 0.25) is 12.5 Å². The number of hydrogen-bond donors (Lipinski definition) is 1. The number of ether oxygens (including phenoxy) is 5. The van der Waals surface area contributed by atoms with Crippen LogP contribution in [-0.4, -0.2) is 63.7 Å². The molecule has 2 aromatic carbocycles. The zero-order valence-corrected chi connectivity index (χ0v) is 18.0. The molecular weight excluding hydrogens is 402 g/mol. The molecule has 2 aromatic rings. The second kappa shape index (κ2) is 8.55. The molecule has 1 amide bonds. The van der Waals surface area contributed by atoms with Gasteiger partial charge in [0.15, 0.2) is 23.0 Å². The van der Waals surface area contributed by atoms with Crippen LogP contribution in [0.25, 0.3) is 0 Å². The van der Waals surface area contributed by atoms with Gasteiger partial charge in [-0.2, -0.15) is 0 Å². The van der Waals surface area contributed by atoms with Crippen molar-refractivity contribution in [3.8, 4) is 28.7 Å². The van der Waals surface area contributed by atoms with Crippen LogP contribution in [0, 0.1) is 0 Å². The van der Waals surface area contributed by atoms with E-state index >= 15 is 0 Å². The van der Waals surface area contributed by atoms with E-state index in [1.165, 1.54) is 21.3 Å². The van der Waals surface area contributed by atoms with E-state index in [-0.39, 0.29) is 24.7 Å². The Bertz CT molecular complexity index is 977. The monoisotopic (exact) mass is 429 g/mol. The number of methoxy groups -OCH3 is 3. The fourth-order valence-corrected chi connectivity index (χ4v) is 4.51. The lowest BCUT2D eigenvalue weighted by Crippen LogP contribution is -2.35. The van der Waals surface area contributed by atoms with Crippen LogP contribution in [0.4, 0.5) is 0 Å². The second-order valence-electron chi connectivity index (χ2n) is 7.68. The van der Waals surface area contributed by atoms with Crippen molar-refractivity contribution in [2.24, 2.45) is 0 Å². The van der Waals surface area contributed by atoms with Crippen LogP contribution in [0.15, 0.2) is 30.3 Å². The van der Waals surface area contributed by atoms with E-state index in [4.69, 9.17) is 23.7 Å². The Morgan fingerprint density at radius 3 is 2.55 bits per heavy atom. The maximum atomic E-state index is 13.4. The molecule has 0 aliphatic carbocycles. The van der Waals surface area contributed by atoms with Gasteiger partial charge in [-0.1, -0.05) is 6.07 Å². The number of aliphatic hydroxyl groups excluding tert-OH is 1. The maximum absolute atomic E-state index is 13.4. The van der Waals surface area contributed by atoms with Crippen LogP contribution < -0.4 is 23.7 Å². The van der Waals surface area contributed by atoms with Gasteiger partial charge in [-0.15, -0.1) is 0 Å². The highest BCUT2D eigenvalue weighted by Gasteiger charge is 2.42. The summed E-state index contributed by atoms with van der Waals surface area (Å²) in [4.78, 5) is 15.2. The van der Waals surface area contributed by atoms with E-state index < -0.39 is 0 Å². The molecule has 1 saturated heterocycles. The lowest BCUT2D eigenvalue weighted by molar-refractivity contribution is 0.0775. The summed E-state index contributed by atoms with van der Waals surface area (Å²) in [6, 6.07) is 9.23. The number of amides is 1. The van der Waals surface area contributed by atoms with Crippen LogP contribution >= 0.6 is 0 Å². The van der Waals surface area contributed by atoms with Crippen LogP contribution in [-0.2, 0) is 5.41 Å². The van der Waals surface area contributed by atoms with E-state index in [0.717, 1.165) is 12.0 Å². The Hall–Kier alpha value is -3.13. The van der Waals surface area contributed by atoms with Gasteiger partial charge >= 0.3 is 0 Å². The van der Waals surface area contributed by atoms with Crippen molar-refractivity contribution in [1.29, 1.82) is 0 Å². The van der Waals surface area contributed by atoms with Gasteiger partial charge in [-0.3, -0.25) is 4.79 Å². The highest BCUT2D eigenvalue weighted by Crippen LogP contribution is 2.44. The summed E-state index contributed by atoms with van der Waals surface area (Å²) < 4.78 is 27.2. The third-order valence-corrected chi connectivity index (χ3v) is 6.15.